The van der Waals surface area contributed by atoms with Crippen LogP contribution < -0.4 is 5.32 Å². The van der Waals surface area contributed by atoms with Gasteiger partial charge >= 0.3 is 0 Å². The van der Waals surface area contributed by atoms with Gasteiger partial charge in [0.25, 0.3) is 0 Å². The lowest BCUT2D eigenvalue weighted by atomic mass is 9.65. The lowest BCUT2D eigenvalue weighted by molar-refractivity contribution is 0.0988. The van der Waals surface area contributed by atoms with E-state index in [4.69, 9.17) is 0 Å². The van der Waals surface area contributed by atoms with E-state index in [1.807, 2.05) is 11.3 Å². The third kappa shape index (κ3) is 2.80. The Balaban J connectivity index is 2.27. The van der Waals surface area contributed by atoms with Crippen LogP contribution in [0.5, 0.6) is 0 Å². The molecule has 0 aliphatic heterocycles. The molecule has 1 saturated carbocycles. The summed E-state index contributed by atoms with van der Waals surface area (Å²) in [5.41, 5.74) is 2.02. The summed E-state index contributed by atoms with van der Waals surface area (Å²) in [6.07, 6.45) is 5.56. The Bertz CT molecular complexity index is 380. The summed E-state index contributed by atoms with van der Waals surface area (Å²) < 4.78 is 0. The molecule has 0 spiro atoms. The highest BCUT2D eigenvalue weighted by Crippen LogP contribution is 2.47. The van der Waals surface area contributed by atoms with Gasteiger partial charge in [0.05, 0.1) is 0 Å². The summed E-state index contributed by atoms with van der Waals surface area (Å²) in [7, 11) is 0. The fourth-order valence-corrected chi connectivity index (χ4v) is 4.30. The average Bonchev–Trinajstić information content (AvgIpc) is 2.72. The molecule has 2 heteroatoms. The van der Waals surface area contributed by atoms with Crippen LogP contribution in [0.25, 0.3) is 0 Å². The first kappa shape index (κ1) is 14.1. The van der Waals surface area contributed by atoms with Crippen molar-refractivity contribution >= 4 is 11.3 Å². The lowest BCUT2D eigenvalue weighted by Gasteiger charge is -2.43. The monoisotopic (exact) mass is 265 g/mol. The highest BCUT2D eigenvalue weighted by atomic mass is 32.1. The van der Waals surface area contributed by atoms with Crippen LogP contribution >= 0.6 is 11.3 Å². The molecule has 0 saturated heterocycles. The molecule has 1 fully saturated rings. The van der Waals surface area contributed by atoms with E-state index in [9.17, 15) is 0 Å². The molecular formula is C16H27NS. The van der Waals surface area contributed by atoms with Gasteiger partial charge in [-0.25, -0.2) is 0 Å². The predicted octanol–water partition coefficient (Wildman–Crippen LogP) is 4.92. The maximum Gasteiger partial charge on any atom is 0.0364 e. The van der Waals surface area contributed by atoms with Crippen LogP contribution in [-0.2, 0) is 0 Å². The van der Waals surface area contributed by atoms with Crippen molar-refractivity contribution in [1.29, 1.82) is 0 Å². The van der Waals surface area contributed by atoms with Gasteiger partial charge in [0, 0.05) is 10.9 Å². The SMILES string of the molecule is CCNC(c1ccsc1C)C1CCCCC1(C)C. The van der Waals surface area contributed by atoms with Gasteiger partial charge in [-0.3, -0.25) is 0 Å². The van der Waals surface area contributed by atoms with Crippen LogP contribution in [0, 0.1) is 18.3 Å². The molecular weight excluding hydrogens is 238 g/mol. The second-order valence-electron chi connectivity index (χ2n) is 6.31. The Morgan fingerprint density at radius 3 is 2.78 bits per heavy atom. The van der Waals surface area contributed by atoms with Crippen molar-refractivity contribution in [2.24, 2.45) is 11.3 Å². The number of hydrogen-bond donors (Lipinski definition) is 1. The Labute approximate surface area is 116 Å². The zero-order valence-corrected chi connectivity index (χ0v) is 13.1. The third-order valence-corrected chi connectivity index (χ3v) is 5.51. The van der Waals surface area contributed by atoms with Gasteiger partial charge in [-0.05, 0) is 54.7 Å². The molecule has 2 rings (SSSR count). The largest absolute Gasteiger partial charge is 0.310 e. The van der Waals surface area contributed by atoms with Crippen LogP contribution in [0.4, 0.5) is 0 Å². The average molecular weight is 265 g/mol. The van der Waals surface area contributed by atoms with Crippen molar-refractivity contribution in [3.05, 3.63) is 21.9 Å². The standard InChI is InChI=1S/C16H27NS/c1-5-17-15(13-9-11-18-12(13)2)14-8-6-7-10-16(14,3)4/h9,11,14-15,17H,5-8,10H2,1-4H3. The maximum atomic E-state index is 3.76. The summed E-state index contributed by atoms with van der Waals surface area (Å²) in [5.74, 6) is 0.777. The molecule has 102 valence electrons. The fraction of sp³-hybridized carbons (Fsp3) is 0.750. The zero-order chi connectivity index (χ0) is 13.2. The van der Waals surface area contributed by atoms with Crippen molar-refractivity contribution in [1.82, 2.24) is 5.32 Å². The summed E-state index contributed by atoms with van der Waals surface area (Å²) in [6.45, 7) is 10.5. The molecule has 1 heterocycles. The van der Waals surface area contributed by atoms with Gasteiger partial charge < -0.3 is 5.32 Å². The highest BCUT2D eigenvalue weighted by molar-refractivity contribution is 7.10. The molecule has 0 radical (unpaired) electrons. The summed E-state index contributed by atoms with van der Waals surface area (Å²) in [5, 5.41) is 6.00. The van der Waals surface area contributed by atoms with Crippen LogP contribution in [0.1, 0.15) is 62.9 Å². The molecule has 1 aromatic rings. The number of hydrogen-bond acceptors (Lipinski definition) is 2. The van der Waals surface area contributed by atoms with Gasteiger partial charge in [0.2, 0.25) is 0 Å². The topological polar surface area (TPSA) is 12.0 Å². The molecule has 1 aliphatic carbocycles. The van der Waals surface area contributed by atoms with E-state index in [2.05, 4.69) is 44.5 Å². The molecule has 1 aromatic heterocycles. The van der Waals surface area contributed by atoms with E-state index in [0.717, 1.165) is 12.5 Å². The van der Waals surface area contributed by atoms with E-state index in [0.29, 0.717) is 11.5 Å². The van der Waals surface area contributed by atoms with E-state index in [1.165, 1.54) is 30.6 Å². The van der Waals surface area contributed by atoms with Gasteiger partial charge in [-0.15, -0.1) is 11.3 Å². The molecule has 0 bridgehead atoms. The lowest BCUT2D eigenvalue weighted by Crippen LogP contribution is -2.39. The fourth-order valence-electron chi connectivity index (χ4n) is 3.55. The van der Waals surface area contributed by atoms with Crippen molar-refractivity contribution in [2.45, 2.75) is 59.4 Å². The Kier molecular flexibility index (Phi) is 4.50. The summed E-state index contributed by atoms with van der Waals surface area (Å²) in [6, 6.07) is 2.88. The normalized spacial score (nSPS) is 25.0. The van der Waals surface area contributed by atoms with Crippen LogP contribution in [0.3, 0.4) is 0 Å². The first-order valence-corrected chi connectivity index (χ1v) is 8.21. The minimum Gasteiger partial charge on any atom is -0.310 e. The molecule has 2 unspecified atom stereocenters. The predicted molar refractivity (Wildman–Crippen MR) is 81.2 cm³/mol. The van der Waals surface area contributed by atoms with Crippen molar-refractivity contribution in [3.63, 3.8) is 0 Å². The molecule has 18 heavy (non-hydrogen) atoms. The van der Waals surface area contributed by atoms with E-state index < -0.39 is 0 Å². The second-order valence-corrected chi connectivity index (χ2v) is 7.43. The number of aryl methyl sites for hydroxylation is 1. The smallest absolute Gasteiger partial charge is 0.0364 e. The van der Waals surface area contributed by atoms with Crippen molar-refractivity contribution in [3.8, 4) is 0 Å². The highest BCUT2D eigenvalue weighted by Gasteiger charge is 2.38. The Morgan fingerprint density at radius 2 is 2.22 bits per heavy atom. The maximum absolute atomic E-state index is 3.76. The molecule has 0 aromatic carbocycles. The van der Waals surface area contributed by atoms with Gasteiger partial charge in [-0.2, -0.15) is 0 Å². The van der Waals surface area contributed by atoms with Gasteiger partial charge in [-0.1, -0.05) is 33.6 Å². The minimum absolute atomic E-state index is 0.472. The third-order valence-electron chi connectivity index (χ3n) is 4.65. The van der Waals surface area contributed by atoms with E-state index in [-0.39, 0.29) is 0 Å². The van der Waals surface area contributed by atoms with Gasteiger partial charge in [0.15, 0.2) is 0 Å². The molecule has 1 nitrogen and oxygen atoms in total. The summed E-state index contributed by atoms with van der Waals surface area (Å²) >= 11 is 1.88. The number of thiophene rings is 1. The van der Waals surface area contributed by atoms with Gasteiger partial charge in [0.1, 0.15) is 0 Å². The van der Waals surface area contributed by atoms with Crippen LogP contribution in [0.15, 0.2) is 11.4 Å². The van der Waals surface area contributed by atoms with Crippen LogP contribution in [-0.4, -0.2) is 6.54 Å². The number of nitrogens with one attached hydrogen (secondary N) is 1. The first-order valence-electron chi connectivity index (χ1n) is 7.33. The minimum atomic E-state index is 0.472. The quantitative estimate of drug-likeness (QED) is 0.814. The van der Waals surface area contributed by atoms with E-state index in [1.54, 1.807) is 5.56 Å². The molecule has 1 N–H and O–H groups in total. The Hall–Kier alpha value is -0.340. The zero-order valence-electron chi connectivity index (χ0n) is 12.3. The van der Waals surface area contributed by atoms with Crippen molar-refractivity contribution in [2.75, 3.05) is 6.54 Å². The summed E-state index contributed by atoms with van der Waals surface area (Å²) in [4.78, 5) is 1.49. The second kappa shape index (κ2) is 5.75. The van der Waals surface area contributed by atoms with Crippen LogP contribution in [0.2, 0.25) is 0 Å². The number of rotatable bonds is 4. The van der Waals surface area contributed by atoms with Crippen molar-refractivity contribution < 1.29 is 0 Å². The molecule has 2 atom stereocenters. The molecule has 1 aliphatic rings. The first-order chi connectivity index (χ1) is 8.56. The van der Waals surface area contributed by atoms with E-state index >= 15 is 0 Å². The Morgan fingerprint density at radius 1 is 1.44 bits per heavy atom. The molecule has 0 amide bonds.